The number of carbonyl (C=O) groups is 1. The molecule has 124 valence electrons. The number of benzene rings is 2. The Labute approximate surface area is 142 Å². The molecular formula is C20H23N3O. The van der Waals surface area contributed by atoms with E-state index in [0.29, 0.717) is 5.56 Å². The normalized spacial score (nSPS) is 19.0. The molecule has 4 heteroatoms. The topological polar surface area (TPSA) is 58.4 Å². The van der Waals surface area contributed by atoms with Gasteiger partial charge in [0.15, 0.2) is 0 Å². The van der Waals surface area contributed by atoms with Crippen molar-refractivity contribution in [3.05, 3.63) is 53.6 Å². The number of rotatable bonds is 2. The van der Waals surface area contributed by atoms with Gasteiger partial charge in [-0.2, -0.15) is 0 Å². The third-order valence-corrected chi connectivity index (χ3v) is 5.63. The van der Waals surface area contributed by atoms with Crippen molar-refractivity contribution in [2.24, 2.45) is 5.73 Å². The van der Waals surface area contributed by atoms with Crippen LogP contribution in [0.4, 0.5) is 5.69 Å². The molecule has 1 amide bonds. The third-order valence-electron chi connectivity index (χ3n) is 5.63. The van der Waals surface area contributed by atoms with Gasteiger partial charge in [0, 0.05) is 23.2 Å². The summed E-state index contributed by atoms with van der Waals surface area (Å²) in [4.78, 5) is 13.8. The molecule has 2 heterocycles. The second-order valence-corrected chi connectivity index (χ2v) is 7.14. The van der Waals surface area contributed by atoms with Gasteiger partial charge in [-0.3, -0.25) is 4.79 Å². The van der Waals surface area contributed by atoms with Crippen molar-refractivity contribution >= 4 is 11.6 Å². The number of hydrogen-bond acceptors (Lipinski definition) is 3. The minimum Gasteiger partial charge on any atom is -0.384 e. The number of hydrogen-bond donors (Lipinski definition) is 2. The number of likely N-dealkylation sites (tertiary alicyclic amines) is 1. The predicted molar refractivity (Wildman–Crippen MR) is 97.3 cm³/mol. The van der Waals surface area contributed by atoms with Gasteiger partial charge in [0.05, 0.1) is 0 Å². The van der Waals surface area contributed by atoms with Crippen molar-refractivity contribution in [3.63, 3.8) is 0 Å². The van der Waals surface area contributed by atoms with Crippen molar-refractivity contribution in [1.82, 2.24) is 4.90 Å². The zero-order chi connectivity index (χ0) is 16.7. The van der Waals surface area contributed by atoms with Crippen LogP contribution in [0.2, 0.25) is 0 Å². The molecule has 4 rings (SSSR count). The molecule has 2 aromatic rings. The lowest BCUT2D eigenvalue weighted by atomic mass is 9.74. The van der Waals surface area contributed by atoms with Crippen LogP contribution >= 0.6 is 0 Å². The monoisotopic (exact) mass is 321 g/mol. The molecule has 0 radical (unpaired) electrons. The SMILES string of the molecule is CN1CCC2(CC1)CNc1cc(-c3cccc(C(N)=O)c3)ccc12. The lowest BCUT2D eigenvalue weighted by Gasteiger charge is -2.37. The van der Waals surface area contributed by atoms with Crippen LogP contribution in [0.3, 0.4) is 0 Å². The average Bonchev–Trinajstić information content (AvgIpc) is 2.96. The van der Waals surface area contributed by atoms with Gasteiger partial charge in [-0.25, -0.2) is 0 Å². The fourth-order valence-corrected chi connectivity index (χ4v) is 4.04. The van der Waals surface area contributed by atoms with Gasteiger partial charge in [-0.05, 0) is 67.9 Å². The van der Waals surface area contributed by atoms with Crippen molar-refractivity contribution in [2.45, 2.75) is 18.3 Å². The first-order chi connectivity index (χ1) is 11.6. The van der Waals surface area contributed by atoms with E-state index in [9.17, 15) is 4.79 Å². The van der Waals surface area contributed by atoms with Crippen LogP contribution in [0.1, 0.15) is 28.8 Å². The molecule has 0 aromatic heterocycles. The Morgan fingerprint density at radius 1 is 1.12 bits per heavy atom. The number of anilines is 1. The predicted octanol–water partition coefficient (Wildman–Crippen LogP) is 2.84. The Morgan fingerprint density at radius 3 is 2.62 bits per heavy atom. The number of primary amides is 1. The maximum atomic E-state index is 11.4. The largest absolute Gasteiger partial charge is 0.384 e. The zero-order valence-corrected chi connectivity index (χ0v) is 14.0. The second kappa shape index (κ2) is 5.64. The summed E-state index contributed by atoms with van der Waals surface area (Å²) in [5.74, 6) is -0.388. The number of fused-ring (bicyclic) bond motifs is 2. The maximum Gasteiger partial charge on any atom is 0.248 e. The van der Waals surface area contributed by atoms with Crippen molar-refractivity contribution < 1.29 is 4.79 Å². The van der Waals surface area contributed by atoms with Crippen LogP contribution in [-0.2, 0) is 5.41 Å². The Morgan fingerprint density at radius 2 is 1.88 bits per heavy atom. The zero-order valence-electron chi connectivity index (χ0n) is 14.0. The summed E-state index contributed by atoms with van der Waals surface area (Å²) in [7, 11) is 2.20. The molecule has 0 saturated carbocycles. The highest BCUT2D eigenvalue weighted by Gasteiger charge is 2.40. The summed E-state index contributed by atoms with van der Waals surface area (Å²) in [6.45, 7) is 3.34. The van der Waals surface area contributed by atoms with E-state index in [0.717, 1.165) is 30.8 Å². The molecule has 0 atom stereocenters. The fraction of sp³-hybridized carbons (Fsp3) is 0.350. The first-order valence-electron chi connectivity index (χ1n) is 8.55. The Bertz CT molecular complexity index is 791. The average molecular weight is 321 g/mol. The first kappa shape index (κ1) is 15.2. The van der Waals surface area contributed by atoms with Gasteiger partial charge >= 0.3 is 0 Å². The second-order valence-electron chi connectivity index (χ2n) is 7.14. The maximum absolute atomic E-state index is 11.4. The highest BCUT2D eigenvalue weighted by molar-refractivity contribution is 5.94. The quantitative estimate of drug-likeness (QED) is 0.894. The van der Waals surface area contributed by atoms with Gasteiger partial charge < -0.3 is 16.0 Å². The smallest absolute Gasteiger partial charge is 0.248 e. The standard InChI is InChI=1S/C20H23N3O/c1-23-9-7-20(8-10-23)13-22-18-12-15(5-6-17(18)20)14-3-2-4-16(11-14)19(21)24/h2-6,11-12,22H,7-10,13H2,1H3,(H2,21,24). The molecule has 2 aliphatic heterocycles. The molecule has 1 fully saturated rings. The van der Waals surface area contributed by atoms with Gasteiger partial charge in [-0.1, -0.05) is 24.3 Å². The van der Waals surface area contributed by atoms with E-state index in [-0.39, 0.29) is 11.3 Å². The number of nitrogens with two attached hydrogens (primary N) is 1. The summed E-state index contributed by atoms with van der Waals surface area (Å²) >= 11 is 0. The number of nitrogens with one attached hydrogen (secondary N) is 1. The van der Waals surface area contributed by atoms with Gasteiger partial charge in [0.1, 0.15) is 0 Å². The Kier molecular flexibility index (Phi) is 3.57. The summed E-state index contributed by atoms with van der Waals surface area (Å²) in [5.41, 5.74) is 11.1. The summed E-state index contributed by atoms with van der Waals surface area (Å²) in [5, 5.41) is 3.61. The molecule has 1 saturated heterocycles. The molecule has 0 unspecified atom stereocenters. The molecule has 2 aliphatic rings. The van der Waals surface area contributed by atoms with Crippen LogP contribution in [0.25, 0.3) is 11.1 Å². The first-order valence-corrected chi connectivity index (χ1v) is 8.55. The van der Waals surface area contributed by atoms with Crippen LogP contribution in [-0.4, -0.2) is 37.5 Å². The van der Waals surface area contributed by atoms with Crippen LogP contribution in [0, 0.1) is 0 Å². The fourth-order valence-electron chi connectivity index (χ4n) is 4.04. The van der Waals surface area contributed by atoms with E-state index in [1.165, 1.54) is 24.1 Å². The van der Waals surface area contributed by atoms with Crippen molar-refractivity contribution in [3.8, 4) is 11.1 Å². The lowest BCUT2D eigenvalue weighted by Crippen LogP contribution is -2.42. The number of amides is 1. The van der Waals surface area contributed by atoms with Gasteiger partial charge in [0.25, 0.3) is 0 Å². The molecule has 0 bridgehead atoms. The van der Waals surface area contributed by atoms with E-state index in [1.54, 1.807) is 6.07 Å². The van der Waals surface area contributed by atoms with Gasteiger partial charge in [-0.15, -0.1) is 0 Å². The van der Waals surface area contributed by atoms with E-state index < -0.39 is 0 Å². The highest BCUT2D eigenvalue weighted by Crippen LogP contribution is 2.45. The highest BCUT2D eigenvalue weighted by atomic mass is 16.1. The molecule has 2 aromatic carbocycles. The van der Waals surface area contributed by atoms with Crippen LogP contribution < -0.4 is 11.1 Å². The Balaban J connectivity index is 1.68. The number of nitrogens with zero attached hydrogens (tertiary/aromatic N) is 1. The van der Waals surface area contributed by atoms with Crippen molar-refractivity contribution in [1.29, 1.82) is 0 Å². The molecule has 24 heavy (non-hydrogen) atoms. The van der Waals surface area contributed by atoms with Crippen LogP contribution in [0.5, 0.6) is 0 Å². The molecule has 0 aliphatic carbocycles. The minimum atomic E-state index is -0.388. The molecule has 3 N–H and O–H groups in total. The van der Waals surface area contributed by atoms with Crippen LogP contribution in [0.15, 0.2) is 42.5 Å². The lowest BCUT2D eigenvalue weighted by molar-refractivity contribution is 0.100. The van der Waals surface area contributed by atoms with E-state index in [2.05, 4.69) is 35.5 Å². The van der Waals surface area contributed by atoms with Gasteiger partial charge in [0.2, 0.25) is 5.91 Å². The Hall–Kier alpha value is -2.33. The minimum absolute atomic E-state index is 0.287. The van der Waals surface area contributed by atoms with E-state index in [1.807, 2.05) is 18.2 Å². The number of carbonyl (C=O) groups excluding carboxylic acids is 1. The van der Waals surface area contributed by atoms with E-state index >= 15 is 0 Å². The summed E-state index contributed by atoms with van der Waals surface area (Å²) < 4.78 is 0. The molecule has 4 nitrogen and oxygen atoms in total. The number of piperidine rings is 1. The third kappa shape index (κ3) is 2.47. The molecule has 1 spiro atoms. The van der Waals surface area contributed by atoms with Crippen molar-refractivity contribution in [2.75, 3.05) is 32.0 Å². The summed E-state index contributed by atoms with van der Waals surface area (Å²) in [6, 6.07) is 14.2. The van der Waals surface area contributed by atoms with E-state index in [4.69, 9.17) is 5.73 Å². The molecular weight excluding hydrogens is 298 g/mol. The summed E-state index contributed by atoms with van der Waals surface area (Å²) in [6.07, 6.45) is 2.42.